The molecule has 0 aliphatic carbocycles. The van der Waals surface area contributed by atoms with Gasteiger partial charge in [-0.1, -0.05) is 54.6 Å². The highest BCUT2D eigenvalue weighted by Crippen LogP contribution is 2.19. The Kier molecular flexibility index (Phi) is 5.13. The number of aliphatic hydroxyl groups is 1. The van der Waals surface area contributed by atoms with Crippen molar-refractivity contribution in [1.82, 2.24) is 5.32 Å². The minimum atomic E-state index is 0.170. The van der Waals surface area contributed by atoms with Crippen LogP contribution in [0, 0.1) is 0 Å². The molecule has 0 saturated heterocycles. The van der Waals surface area contributed by atoms with Crippen LogP contribution in [0.2, 0.25) is 0 Å². The van der Waals surface area contributed by atoms with Crippen molar-refractivity contribution >= 4 is 0 Å². The third-order valence-electron chi connectivity index (χ3n) is 3.24. The van der Waals surface area contributed by atoms with Gasteiger partial charge in [0.05, 0.1) is 6.61 Å². The van der Waals surface area contributed by atoms with Gasteiger partial charge in [-0.2, -0.15) is 0 Å². The van der Waals surface area contributed by atoms with Crippen molar-refractivity contribution in [3.05, 3.63) is 60.2 Å². The van der Waals surface area contributed by atoms with E-state index in [1.54, 1.807) is 0 Å². The van der Waals surface area contributed by atoms with Crippen LogP contribution in [0.3, 0.4) is 0 Å². The normalized spacial score (nSPS) is 12.3. The lowest BCUT2D eigenvalue weighted by Crippen LogP contribution is -2.30. The predicted molar refractivity (Wildman–Crippen MR) is 80.1 cm³/mol. The Bertz CT molecular complexity index is 478. The largest absolute Gasteiger partial charge is 0.395 e. The Morgan fingerprint density at radius 3 is 2.21 bits per heavy atom. The summed E-state index contributed by atoms with van der Waals surface area (Å²) < 4.78 is 0. The molecule has 0 fully saturated rings. The van der Waals surface area contributed by atoms with Gasteiger partial charge in [-0.15, -0.1) is 0 Å². The molecule has 0 aliphatic heterocycles. The zero-order chi connectivity index (χ0) is 13.5. The number of hydrogen-bond acceptors (Lipinski definition) is 2. The number of hydrogen-bond donors (Lipinski definition) is 2. The van der Waals surface area contributed by atoms with Crippen LogP contribution in [0.4, 0.5) is 0 Å². The Morgan fingerprint density at radius 1 is 0.947 bits per heavy atom. The quantitative estimate of drug-likeness (QED) is 0.832. The van der Waals surface area contributed by atoms with Gasteiger partial charge in [0, 0.05) is 6.04 Å². The smallest absolute Gasteiger partial charge is 0.0581 e. The molecule has 2 N–H and O–H groups in total. The van der Waals surface area contributed by atoms with Gasteiger partial charge in [-0.05, 0) is 36.6 Å². The van der Waals surface area contributed by atoms with E-state index in [1.807, 2.05) is 13.0 Å². The second kappa shape index (κ2) is 7.07. The van der Waals surface area contributed by atoms with Crippen molar-refractivity contribution in [1.29, 1.82) is 0 Å². The van der Waals surface area contributed by atoms with E-state index in [9.17, 15) is 0 Å². The Morgan fingerprint density at radius 2 is 1.58 bits per heavy atom. The average Bonchev–Trinajstić information content (AvgIpc) is 2.48. The molecule has 0 amide bonds. The van der Waals surface area contributed by atoms with E-state index in [2.05, 4.69) is 53.8 Å². The topological polar surface area (TPSA) is 32.3 Å². The molecule has 0 aliphatic rings. The standard InChI is InChI=1S/C17H21NO/c1-14(13-19)18-12-11-15-7-9-17(10-8-15)16-5-3-2-4-6-16/h2-10,14,18-19H,11-13H2,1H3. The SMILES string of the molecule is CC(CO)NCCc1ccc(-c2ccccc2)cc1. The summed E-state index contributed by atoms with van der Waals surface area (Å²) >= 11 is 0. The van der Waals surface area contributed by atoms with E-state index in [1.165, 1.54) is 16.7 Å². The molecule has 0 heterocycles. The maximum atomic E-state index is 8.93. The molecule has 2 nitrogen and oxygen atoms in total. The molecule has 2 heteroatoms. The van der Waals surface area contributed by atoms with Gasteiger partial charge in [-0.25, -0.2) is 0 Å². The van der Waals surface area contributed by atoms with Gasteiger partial charge in [-0.3, -0.25) is 0 Å². The molecule has 2 aromatic carbocycles. The Balaban J connectivity index is 1.92. The van der Waals surface area contributed by atoms with Gasteiger partial charge in [0.15, 0.2) is 0 Å². The first-order chi connectivity index (χ1) is 9.29. The minimum absolute atomic E-state index is 0.170. The first-order valence-electron chi connectivity index (χ1n) is 6.78. The zero-order valence-corrected chi connectivity index (χ0v) is 11.3. The van der Waals surface area contributed by atoms with E-state index in [0.717, 1.165) is 13.0 Å². The molecule has 0 saturated carbocycles. The van der Waals surface area contributed by atoms with Gasteiger partial charge >= 0.3 is 0 Å². The number of benzene rings is 2. The molecule has 1 atom stereocenters. The van der Waals surface area contributed by atoms with Gasteiger partial charge in [0.2, 0.25) is 0 Å². The fourth-order valence-electron chi connectivity index (χ4n) is 2.02. The van der Waals surface area contributed by atoms with Crippen LogP contribution in [-0.2, 0) is 6.42 Å². The summed E-state index contributed by atoms with van der Waals surface area (Å²) in [6, 6.07) is 19.3. The maximum Gasteiger partial charge on any atom is 0.0581 e. The lowest BCUT2D eigenvalue weighted by molar-refractivity contribution is 0.252. The highest BCUT2D eigenvalue weighted by Gasteiger charge is 2.00. The van der Waals surface area contributed by atoms with Crippen molar-refractivity contribution in [2.75, 3.05) is 13.2 Å². The van der Waals surface area contributed by atoms with Crippen molar-refractivity contribution in [2.24, 2.45) is 0 Å². The molecular weight excluding hydrogens is 234 g/mol. The van der Waals surface area contributed by atoms with Gasteiger partial charge in [0.25, 0.3) is 0 Å². The first kappa shape index (κ1) is 13.8. The number of aliphatic hydroxyl groups excluding tert-OH is 1. The first-order valence-corrected chi connectivity index (χ1v) is 6.78. The van der Waals surface area contributed by atoms with Crippen LogP contribution in [0.1, 0.15) is 12.5 Å². The third-order valence-corrected chi connectivity index (χ3v) is 3.24. The number of nitrogens with one attached hydrogen (secondary N) is 1. The monoisotopic (exact) mass is 255 g/mol. The Hall–Kier alpha value is -1.64. The number of rotatable bonds is 6. The lowest BCUT2D eigenvalue weighted by Gasteiger charge is -2.10. The molecule has 0 bridgehead atoms. The molecule has 1 unspecified atom stereocenters. The van der Waals surface area contributed by atoms with Crippen molar-refractivity contribution < 1.29 is 5.11 Å². The molecule has 0 aromatic heterocycles. The summed E-state index contributed by atoms with van der Waals surface area (Å²) in [5.41, 5.74) is 3.82. The molecule has 2 rings (SSSR count). The fourth-order valence-corrected chi connectivity index (χ4v) is 2.02. The minimum Gasteiger partial charge on any atom is -0.395 e. The summed E-state index contributed by atoms with van der Waals surface area (Å²) in [5, 5.41) is 12.2. The molecule has 100 valence electrons. The van der Waals surface area contributed by atoms with E-state index in [-0.39, 0.29) is 12.6 Å². The zero-order valence-electron chi connectivity index (χ0n) is 11.3. The summed E-state index contributed by atoms with van der Waals surface area (Å²) in [7, 11) is 0. The van der Waals surface area contributed by atoms with Crippen LogP contribution in [-0.4, -0.2) is 24.3 Å². The molecule has 0 spiro atoms. The second-order valence-electron chi connectivity index (χ2n) is 4.85. The van der Waals surface area contributed by atoms with Crippen molar-refractivity contribution in [2.45, 2.75) is 19.4 Å². The Labute approximate surface area is 115 Å². The summed E-state index contributed by atoms with van der Waals surface area (Å²) in [4.78, 5) is 0. The van der Waals surface area contributed by atoms with Crippen LogP contribution < -0.4 is 5.32 Å². The summed E-state index contributed by atoms with van der Waals surface area (Å²) in [6.07, 6.45) is 0.986. The highest BCUT2D eigenvalue weighted by molar-refractivity contribution is 5.63. The highest BCUT2D eigenvalue weighted by atomic mass is 16.3. The average molecular weight is 255 g/mol. The molecule has 2 aromatic rings. The van der Waals surface area contributed by atoms with E-state index in [0.29, 0.717) is 0 Å². The van der Waals surface area contributed by atoms with Crippen LogP contribution >= 0.6 is 0 Å². The van der Waals surface area contributed by atoms with Crippen LogP contribution in [0.15, 0.2) is 54.6 Å². The molecule has 0 radical (unpaired) electrons. The maximum absolute atomic E-state index is 8.93. The predicted octanol–water partition coefficient (Wildman–Crippen LogP) is 2.87. The fraction of sp³-hybridized carbons (Fsp3) is 0.294. The molecular formula is C17H21NO. The van der Waals surface area contributed by atoms with Crippen molar-refractivity contribution in [3.63, 3.8) is 0 Å². The van der Waals surface area contributed by atoms with E-state index in [4.69, 9.17) is 5.11 Å². The van der Waals surface area contributed by atoms with Gasteiger partial charge < -0.3 is 10.4 Å². The summed E-state index contributed by atoms with van der Waals surface area (Å²) in [5.74, 6) is 0. The molecule has 19 heavy (non-hydrogen) atoms. The van der Waals surface area contributed by atoms with Crippen molar-refractivity contribution in [3.8, 4) is 11.1 Å². The van der Waals surface area contributed by atoms with Crippen LogP contribution in [0.25, 0.3) is 11.1 Å². The third kappa shape index (κ3) is 4.19. The summed E-state index contributed by atoms with van der Waals surface area (Å²) in [6.45, 7) is 3.07. The lowest BCUT2D eigenvalue weighted by atomic mass is 10.0. The van der Waals surface area contributed by atoms with Crippen LogP contribution in [0.5, 0.6) is 0 Å². The van der Waals surface area contributed by atoms with E-state index >= 15 is 0 Å². The van der Waals surface area contributed by atoms with E-state index < -0.39 is 0 Å². The van der Waals surface area contributed by atoms with Gasteiger partial charge in [0.1, 0.15) is 0 Å². The second-order valence-corrected chi connectivity index (χ2v) is 4.85.